The Kier molecular flexibility index (Phi) is 1.97. The smallest absolute Gasteiger partial charge is 0.308 e. The molecule has 4 heteroatoms. The molecule has 0 spiro atoms. The summed E-state index contributed by atoms with van der Waals surface area (Å²) < 4.78 is 0. The molecule has 1 heterocycles. The molecule has 0 unspecified atom stereocenters. The van der Waals surface area contributed by atoms with E-state index >= 15 is 0 Å². The van der Waals surface area contributed by atoms with Gasteiger partial charge in [-0.25, -0.2) is 0 Å². The molecule has 0 aromatic carbocycles. The van der Waals surface area contributed by atoms with Crippen LogP contribution in [0.1, 0.15) is 0 Å². The van der Waals surface area contributed by atoms with Crippen molar-refractivity contribution < 1.29 is 9.90 Å². The van der Waals surface area contributed by atoms with Crippen LogP contribution in [-0.2, 0) is 4.79 Å². The highest BCUT2D eigenvalue weighted by Crippen LogP contribution is 2.22. The average molecular weight is 147 g/mol. The first-order chi connectivity index (χ1) is 4.22. The summed E-state index contributed by atoms with van der Waals surface area (Å²) in [6.45, 7) is 0. The minimum absolute atomic E-state index is 0.132. The van der Waals surface area contributed by atoms with Crippen molar-refractivity contribution in [1.29, 1.82) is 0 Å². The zero-order valence-electron chi connectivity index (χ0n) is 4.91. The highest BCUT2D eigenvalue weighted by Gasteiger charge is 2.30. The van der Waals surface area contributed by atoms with Crippen molar-refractivity contribution >= 4 is 17.7 Å². The molecule has 0 bridgehead atoms. The molecule has 1 saturated heterocycles. The first-order valence-electron chi connectivity index (χ1n) is 2.78. The molecule has 0 aliphatic carbocycles. The van der Waals surface area contributed by atoms with E-state index in [1.54, 1.807) is 11.8 Å². The van der Waals surface area contributed by atoms with Crippen molar-refractivity contribution in [2.75, 3.05) is 11.5 Å². The molecular weight excluding hydrogens is 138 g/mol. The van der Waals surface area contributed by atoms with E-state index in [4.69, 9.17) is 10.8 Å². The Morgan fingerprint density at radius 3 is 2.56 bits per heavy atom. The molecule has 9 heavy (non-hydrogen) atoms. The van der Waals surface area contributed by atoms with Gasteiger partial charge in [-0.1, -0.05) is 0 Å². The second kappa shape index (κ2) is 2.58. The van der Waals surface area contributed by atoms with Gasteiger partial charge in [-0.3, -0.25) is 4.79 Å². The van der Waals surface area contributed by atoms with Gasteiger partial charge in [0.05, 0.1) is 5.92 Å². The molecule has 52 valence electrons. The van der Waals surface area contributed by atoms with Crippen LogP contribution in [0.2, 0.25) is 0 Å². The maximum atomic E-state index is 10.3. The van der Waals surface area contributed by atoms with Crippen LogP contribution in [0.4, 0.5) is 0 Å². The SMILES string of the molecule is N[C@@H]1CSC[C@H]1C(=O)O. The molecule has 2 atom stereocenters. The molecule has 0 radical (unpaired) electrons. The number of rotatable bonds is 1. The summed E-state index contributed by atoms with van der Waals surface area (Å²) >= 11 is 1.61. The van der Waals surface area contributed by atoms with Crippen LogP contribution in [0.15, 0.2) is 0 Å². The topological polar surface area (TPSA) is 63.3 Å². The number of carboxylic acid groups (broad SMARTS) is 1. The fourth-order valence-corrected chi connectivity index (χ4v) is 2.11. The standard InChI is InChI=1S/C5H9NO2S/c6-4-2-9-1-3(4)5(7)8/h3-4H,1-2,6H2,(H,7,8)/t3-,4-/m1/s1. The highest BCUT2D eigenvalue weighted by atomic mass is 32.2. The summed E-state index contributed by atoms with van der Waals surface area (Å²) in [5.41, 5.74) is 5.48. The molecule has 1 aliphatic rings. The first-order valence-corrected chi connectivity index (χ1v) is 3.93. The molecule has 3 nitrogen and oxygen atoms in total. The number of carbonyl (C=O) groups is 1. The van der Waals surface area contributed by atoms with Crippen LogP contribution >= 0.6 is 11.8 Å². The van der Waals surface area contributed by atoms with Crippen molar-refractivity contribution in [2.24, 2.45) is 11.7 Å². The summed E-state index contributed by atoms with van der Waals surface area (Å²) in [5.74, 6) is 0.399. The number of hydrogen-bond donors (Lipinski definition) is 2. The fraction of sp³-hybridized carbons (Fsp3) is 0.800. The summed E-state index contributed by atoms with van der Waals surface area (Å²) in [5, 5.41) is 8.49. The first kappa shape index (κ1) is 6.89. The van der Waals surface area contributed by atoms with E-state index in [2.05, 4.69) is 0 Å². The molecule has 1 fully saturated rings. The van der Waals surface area contributed by atoms with Gasteiger partial charge < -0.3 is 10.8 Å². The lowest BCUT2D eigenvalue weighted by molar-refractivity contribution is -0.141. The second-order valence-electron chi connectivity index (χ2n) is 2.15. The summed E-state index contributed by atoms with van der Waals surface area (Å²) in [4.78, 5) is 10.3. The summed E-state index contributed by atoms with van der Waals surface area (Å²) in [7, 11) is 0. The van der Waals surface area contributed by atoms with Crippen LogP contribution in [0.3, 0.4) is 0 Å². The fourth-order valence-electron chi connectivity index (χ4n) is 0.825. The third-order valence-electron chi connectivity index (χ3n) is 1.44. The van der Waals surface area contributed by atoms with Gasteiger partial charge in [0.25, 0.3) is 0 Å². The van der Waals surface area contributed by atoms with E-state index in [0.717, 1.165) is 5.75 Å². The zero-order valence-corrected chi connectivity index (χ0v) is 5.73. The predicted molar refractivity (Wildman–Crippen MR) is 36.4 cm³/mol. The van der Waals surface area contributed by atoms with Crippen LogP contribution in [0.25, 0.3) is 0 Å². The van der Waals surface area contributed by atoms with Crippen LogP contribution < -0.4 is 5.73 Å². The normalized spacial score (nSPS) is 34.8. The van der Waals surface area contributed by atoms with Gasteiger partial charge in [0.15, 0.2) is 0 Å². The van der Waals surface area contributed by atoms with Crippen molar-refractivity contribution in [3.63, 3.8) is 0 Å². The van der Waals surface area contributed by atoms with E-state index < -0.39 is 5.97 Å². The molecule has 1 rings (SSSR count). The number of nitrogens with two attached hydrogens (primary N) is 1. The van der Waals surface area contributed by atoms with Gasteiger partial charge in [0.2, 0.25) is 0 Å². The van der Waals surface area contributed by atoms with Crippen LogP contribution in [0.5, 0.6) is 0 Å². The van der Waals surface area contributed by atoms with Gasteiger partial charge in [0, 0.05) is 17.5 Å². The molecule has 3 N–H and O–H groups in total. The van der Waals surface area contributed by atoms with E-state index in [-0.39, 0.29) is 12.0 Å². The summed E-state index contributed by atoms with van der Waals surface area (Å²) in [6.07, 6.45) is 0. The van der Waals surface area contributed by atoms with Gasteiger partial charge in [-0.2, -0.15) is 11.8 Å². The lowest BCUT2D eigenvalue weighted by atomic mass is 10.1. The zero-order chi connectivity index (χ0) is 6.85. The van der Waals surface area contributed by atoms with Gasteiger partial charge in [-0.05, 0) is 0 Å². The Bertz CT molecular complexity index is 128. The molecule has 1 aliphatic heterocycles. The number of hydrogen-bond acceptors (Lipinski definition) is 3. The lowest BCUT2D eigenvalue weighted by Gasteiger charge is -2.06. The Morgan fingerprint density at radius 2 is 2.33 bits per heavy atom. The van der Waals surface area contributed by atoms with E-state index in [1.807, 2.05) is 0 Å². The number of carboxylic acids is 1. The van der Waals surface area contributed by atoms with Crippen molar-refractivity contribution in [3.05, 3.63) is 0 Å². The number of thioether (sulfide) groups is 1. The predicted octanol–water partition coefficient (Wildman–Crippen LogP) is -0.239. The minimum Gasteiger partial charge on any atom is -0.481 e. The largest absolute Gasteiger partial charge is 0.481 e. The maximum Gasteiger partial charge on any atom is 0.308 e. The average Bonchev–Trinajstić information content (AvgIpc) is 2.13. The molecular formula is C5H9NO2S. The van der Waals surface area contributed by atoms with Crippen LogP contribution in [-0.4, -0.2) is 28.6 Å². The monoisotopic (exact) mass is 147 g/mol. The van der Waals surface area contributed by atoms with Gasteiger partial charge in [0.1, 0.15) is 0 Å². The van der Waals surface area contributed by atoms with Crippen molar-refractivity contribution in [3.8, 4) is 0 Å². The third kappa shape index (κ3) is 1.37. The van der Waals surface area contributed by atoms with E-state index in [9.17, 15) is 4.79 Å². The molecule has 0 saturated carbocycles. The van der Waals surface area contributed by atoms with Gasteiger partial charge in [-0.15, -0.1) is 0 Å². The Morgan fingerprint density at radius 1 is 1.67 bits per heavy atom. The Balaban J connectivity index is 2.49. The van der Waals surface area contributed by atoms with E-state index in [1.165, 1.54) is 0 Å². The third-order valence-corrected chi connectivity index (χ3v) is 2.66. The summed E-state index contributed by atoms with van der Waals surface area (Å²) in [6, 6.07) is -0.132. The molecule has 0 amide bonds. The molecule has 0 aromatic rings. The lowest BCUT2D eigenvalue weighted by Crippen LogP contribution is -2.33. The molecule has 0 aromatic heterocycles. The second-order valence-corrected chi connectivity index (χ2v) is 3.22. The van der Waals surface area contributed by atoms with Crippen molar-refractivity contribution in [2.45, 2.75) is 6.04 Å². The van der Waals surface area contributed by atoms with Gasteiger partial charge >= 0.3 is 5.97 Å². The highest BCUT2D eigenvalue weighted by molar-refractivity contribution is 7.99. The Hall–Kier alpha value is -0.220. The number of aliphatic carboxylic acids is 1. The maximum absolute atomic E-state index is 10.3. The Labute approximate surface area is 57.6 Å². The van der Waals surface area contributed by atoms with Crippen molar-refractivity contribution in [1.82, 2.24) is 0 Å². The van der Waals surface area contributed by atoms with E-state index in [0.29, 0.717) is 5.75 Å². The van der Waals surface area contributed by atoms with Crippen LogP contribution in [0, 0.1) is 5.92 Å². The minimum atomic E-state index is -0.757. The quantitative estimate of drug-likeness (QED) is 0.537.